The minimum Gasteiger partial charge on any atom is -0.493 e. The maximum atomic E-state index is 14.1. The number of likely N-dealkylation sites (tertiary alicyclic amines) is 1. The molecule has 1 aliphatic heterocycles. The van der Waals surface area contributed by atoms with Crippen LogP contribution in [-0.4, -0.2) is 57.3 Å². The number of piperidine rings is 1. The summed E-state index contributed by atoms with van der Waals surface area (Å²) in [6.45, 7) is 4.32. The van der Waals surface area contributed by atoms with E-state index in [2.05, 4.69) is 6.58 Å². The first-order valence-corrected chi connectivity index (χ1v) is 11.9. The van der Waals surface area contributed by atoms with E-state index in [1.54, 1.807) is 32.3 Å². The molecule has 1 aromatic carbocycles. The first kappa shape index (κ1) is 24.9. The van der Waals surface area contributed by atoms with Crippen LogP contribution in [0.5, 0.6) is 17.2 Å². The maximum Gasteiger partial charge on any atom is 0.329 e. The third kappa shape index (κ3) is 5.63. The van der Waals surface area contributed by atoms with E-state index in [9.17, 15) is 9.59 Å². The lowest BCUT2D eigenvalue weighted by Gasteiger charge is -2.39. The molecule has 1 heterocycles. The minimum atomic E-state index is -0.556. The molecule has 0 spiro atoms. The zero-order valence-electron chi connectivity index (χ0n) is 20.1. The third-order valence-corrected chi connectivity index (χ3v) is 6.83. The second kappa shape index (κ2) is 12.0. The molecule has 0 bridgehead atoms. The lowest BCUT2D eigenvalue weighted by atomic mass is 9.75. The van der Waals surface area contributed by atoms with Gasteiger partial charge in [-0.25, -0.2) is 4.79 Å². The molecule has 182 valence electrons. The van der Waals surface area contributed by atoms with Crippen molar-refractivity contribution in [2.75, 3.05) is 34.5 Å². The Labute approximate surface area is 197 Å². The van der Waals surface area contributed by atoms with Crippen molar-refractivity contribution in [3.05, 3.63) is 30.4 Å². The molecule has 1 amide bonds. The molecule has 1 aliphatic carbocycles. The van der Waals surface area contributed by atoms with Gasteiger partial charge in [-0.15, -0.1) is 0 Å². The number of esters is 1. The summed E-state index contributed by atoms with van der Waals surface area (Å²) in [5.74, 6) is 1.00. The zero-order valence-corrected chi connectivity index (χ0v) is 20.1. The fourth-order valence-electron chi connectivity index (χ4n) is 5.22. The minimum absolute atomic E-state index is 0.0172. The topological polar surface area (TPSA) is 74.3 Å². The second-order valence-electron chi connectivity index (χ2n) is 8.80. The smallest absolute Gasteiger partial charge is 0.329 e. The summed E-state index contributed by atoms with van der Waals surface area (Å²) < 4.78 is 22.0. The SMILES string of the molecule is C=CCOC(=O)C1CCCCN1C(=O)C(c1cc(OC)c(OC)c(OC)c1)C1CCCCC1. The highest BCUT2D eigenvalue weighted by molar-refractivity contribution is 5.89. The molecule has 2 unspecified atom stereocenters. The van der Waals surface area contributed by atoms with Crippen molar-refractivity contribution >= 4 is 11.9 Å². The standard InChI is InChI=1S/C26H37NO6/c1-5-15-33-26(29)20-13-9-10-14-27(20)25(28)23(18-11-7-6-8-12-18)19-16-21(30-2)24(32-4)22(17-19)31-3/h5,16-18,20,23H,1,6-15H2,2-4H3. The van der Waals surface area contributed by atoms with Crippen molar-refractivity contribution in [3.8, 4) is 17.2 Å². The molecule has 2 aliphatic rings. The average Bonchev–Trinajstić information content (AvgIpc) is 2.87. The quantitative estimate of drug-likeness (QED) is 0.400. The Morgan fingerprint density at radius 2 is 1.64 bits per heavy atom. The molecule has 0 N–H and O–H groups in total. The van der Waals surface area contributed by atoms with Crippen molar-refractivity contribution in [2.24, 2.45) is 5.92 Å². The molecule has 2 atom stereocenters. The monoisotopic (exact) mass is 459 g/mol. The number of methoxy groups -OCH3 is 3. The molecular formula is C26H37NO6. The predicted molar refractivity (Wildman–Crippen MR) is 126 cm³/mol. The lowest BCUT2D eigenvalue weighted by Crippen LogP contribution is -2.51. The summed E-state index contributed by atoms with van der Waals surface area (Å²) in [5.41, 5.74) is 0.838. The summed E-state index contributed by atoms with van der Waals surface area (Å²) in [6.07, 6.45) is 9.29. The molecular weight excluding hydrogens is 422 g/mol. The zero-order chi connectivity index (χ0) is 23.8. The summed E-state index contributed by atoms with van der Waals surface area (Å²) in [4.78, 5) is 28.6. The summed E-state index contributed by atoms with van der Waals surface area (Å²) in [7, 11) is 4.72. The molecule has 7 heteroatoms. The number of hydrogen-bond acceptors (Lipinski definition) is 6. The Morgan fingerprint density at radius 3 is 2.21 bits per heavy atom. The van der Waals surface area contributed by atoms with E-state index < -0.39 is 6.04 Å². The first-order valence-electron chi connectivity index (χ1n) is 11.9. The summed E-state index contributed by atoms with van der Waals surface area (Å²) >= 11 is 0. The first-order chi connectivity index (χ1) is 16.0. The fourth-order valence-corrected chi connectivity index (χ4v) is 5.22. The summed E-state index contributed by atoms with van der Waals surface area (Å²) in [5, 5.41) is 0. The Bertz CT molecular complexity index is 807. The number of carbonyl (C=O) groups excluding carboxylic acids is 2. The van der Waals surface area contributed by atoms with E-state index in [1.807, 2.05) is 12.1 Å². The van der Waals surface area contributed by atoms with Crippen LogP contribution in [0.4, 0.5) is 0 Å². The number of hydrogen-bond donors (Lipinski definition) is 0. The molecule has 3 rings (SSSR count). The van der Waals surface area contributed by atoms with Crippen LogP contribution >= 0.6 is 0 Å². The number of benzene rings is 1. The van der Waals surface area contributed by atoms with Crippen molar-refractivity contribution in [1.29, 1.82) is 0 Å². The van der Waals surface area contributed by atoms with Gasteiger partial charge in [0, 0.05) is 6.54 Å². The van der Waals surface area contributed by atoms with Crippen molar-refractivity contribution in [3.63, 3.8) is 0 Å². The Morgan fingerprint density at radius 1 is 1.00 bits per heavy atom. The van der Waals surface area contributed by atoms with E-state index in [1.165, 1.54) is 6.42 Å². The van der Waals surface area contributed by atoms with Gasteiger partial charge in [-0.2, -0.15) is 0 Å². The number of nitrogens with zero attached hydrogens (tertiary/aromatic N) is 1. The molecule has 33 heavy (non-hydrogen) atoms. The van der Waals surface area contributed by atoms with E-state index in [0.717, 1.165) is 44.1 Å². The third-order valence-electron chi connectivity index (χ3n) is 6.83. The fraction of sp³-hybridized carbons (Fsp3) is 0.615. The van der Waals surface area contributed by atoms with E-state index in [0.29, 0.717) is 30.2 Å². The summed E-state index contributed by atoms with van der Waals surface area (Å²) in [6, 6.07) is 3.21. The van der Waals surface area contributed by atoms with Gasteiger partial charge in [0.05, 0.1) is 27.2 Å². The van der Waals surface area contributed by atoms with E-state index in [4.69, 9.17) is 18.9 Å². The van der Waals surface area contributed by atoms with E-state index >= 15 is 0 Å². The molecule has 2 fully saturated rings. The molecule has 1 saturated heterocycles. The number of rotatable bonds is 9. The molecule has 7 nitrogen and oxygen atoms in total. The van der Waals surface area contributed by atoms with Gasteiger partial charge in [0.25, 0.3) is 0 Å². The molecule has 1 aromatic rings. The van der Waals surface area contributed by atoms with Crippen molar-refractivity contribution in [1.82, 2.24) is 4.90 Å². The van der Waals surface area contributed by atoms with Crippen LogP contribution in [0.25, 0.3) is 0 Å². The van der Waals surface area contributed by atoms with Crippen LogP contribution in [0.1, 0.15) is 62.8 Å². The highest BCUT2D eigenvalue weighted by Gasteiger charge is 2.40. The average molecular weight is 460 g/mol. The largest absolute Gasteiger partial charge is 0.493 e. The Balaban J connectivity index is 2.01. The Kier molecular flexibility index (Phi) is 9.03. The van der Waals surface area contributed by atoms with Crippen LogP contribution in [0.2, 0.25) is 0 Å². The van der Waals surface area contributed by atoms with Gasteiger partial charge < -0.3 is 23.8 Å². The van der Waals surface area contributed by atoms with Gasteiger partial charge in [0.1, 0.15) is 12.6 Å². The number of amides is 1. The molecule has 1 saturated carbocycles. The second-order valence-corrected chi connectivity index (χ2v) is 8.80. The van der Waals surface area contributed by atoms with Gasteiger partial charge in [-0.05, 0) is 55.7 Å². The molecule has 0 aromatic heterocycles. The van der Waals surface area contributed by atoms with Gasteiger partial charge >= 0.3 is 5.97 Å². The van der Waals surface area contributed by atoms with Gasteiger partial charge in [0.15, 0.2) is 11.5 Å². The van der Waals surface area contributed by atoms with Crippen molar-refractivity contribution in [2.45, 2.75) is 63.3 Å². The Hall–Kier alpha value is -2.70. The van der Waals surface area contributed by atoms with Gasteiger partial charge in [0.2, 0.25) is 11.7 Å². The maximum absolute atomic E-state index is 14.1. The van der Waals surface area contributed by atoms with Crippen molar-refractivity contribution < 1.29 is 28.5 Å². The lowest BCUT2D eigenvalue weighted by molar-refractivity contribution is -0.157. The number of ether oxygens (including phenoxy) is 4. The predicted octanol–water partition coefficient (Wildman–Crippen LogP) is 4.49. The van der Waals surface area contributed by atoms with Crippen LogP contribution in [0.15, 0.2) is 24.8 Å². The highest BCUT2D eigenvalue weighted by Crippen LogP contribution is 2.45. The molecule has 0 radical (unpaired) electrons. The van der Waals surface area contributed by atoms with Crippen LogP contribution in [0, 0.1) is 5.92 Å². The normalized spacial score (nSPS) is 20.0. The van der Waals surface area contributed by atoms with E-state index in [-0.39, 0.29) is 30.3 Å². The van der Waals surface area contributed by atoms with Crippen LogP contribution in [0.3, 0.4) is 0 Å². The van der Waals surface area contributed by atoms with Gasteiger partial charge in [-0.1, -0.05) is 31.9 Å². The van der Waals surface area contributed by atoms with Crippen LogP contribution in [-0.2, 0) is 14.3 Å². The highest BCUT2D eigenvalue weighted by atomic mass is 16.5. The van der Waals surface area contributed by atoms with Gasteiger partial charge in [-0.3, -0.25) is 4.79 Å². The van der Waals surface area contributed by atoms with Crippen LogP contribution < -0.4 is 14.2 Å². The number of carbonyl (C=O) groups is 2.